The molecule has 0 radical (unpaired) electrons. The van der Waals surface area contributed by atoms with Crippen LogP contribution in [0.1, 0.15) is 45.6 Å². The standard InChI is InChI=1S/C20H32O6/c1-5-16(2)19-6-8-20(9-7-19)26-18(4)25-15-13-23-11-10-22-12-14-24-17(3)21/h6-9,16,18H,5,10-15H2,1-4H3. The van der Waals surface area contributed by atoms with Crippen LogP contribution in [-0.2, 0) is 23.7 Å². The molecular weight excluding hydrogens is 336 g/mol. The molecule has 6 heteroatoms. The molecule has 0 bridgehead atoms. The number of carbonyl (C=O) groups excluding carboxylic acids is 1. The topological polar surface area (TPSA) is 63.2 Å². The van der Waals surface area contributed by atoms with Crippen molar-refractivity contribution in [2.75, 3.05) is 39.6 Å². The quantitative estimate of drug-likeness (QED) is 0.284. The molecule has 0 aliphatic heterocycles. The van der Waals surface area contributed by atoms with Gasteiger partial charge in [-0.15, -0.1) is 0 Å². The summed E-state index contributed by atoms with van der Waals surface area (Å²) in [5.41, 5.74) is 1.32. The van der Waals surface area contributed by atoms with Crippen molar-refractivity contribution in [3.63, 3.8) is 0 Å². The molecule has 0 saturated heterocycles. The highest BCUT2D eigenvalue weighted by Crippen LogP contribution is 2.22. The van der Waals surface area contributed by atoms with Gasteiger partial charge in [0.25, 0.3) is 0 Å². The zero-order chi connectivity index (χ0) is 19.2. The van der Waals surface area contributed by atoms with Crippen molar-refractivity contribution < 1.29 is 28.5 Å². The maximum absolute atomic E-state index is 10.5. The van der Waals surface area contributed by atoms with E-state index in [0.29, 0.717) is 39.0 Å². The number of ether oxygens (including phenoxy) is 5. The molecule has 1 aromatic carbocycles. The van der Waals surface area contributed by atoms with Gasteiger partial charge in [-0.05, 0) is 37.0 Å². The second-order valence-corrected chi connectivity index (χ2v) is 6.00. The Morgan fingerprint density at radius 2 is 1.50 bits per heavy atom. The van der Waals surface area contributed by atoms with Crippen LogP contribution < -0.4 is 4.74 Å². The highest BCUT2D eigenvalue weighted by Gasteiger charge is 2.06. The Morgan fingerprint density at radius 3 is 2.08 bits per heavy atom. The zero-order valence-corrected chi connectivity index (χ0v) is 16.4. The van der Waals surface area contributed by atoms with Crippen molar-refractivity contribution in [1.29, 1.82) is 0 Å². The van der Waals surface area contributed by atoms with Crippen LogP contribution >= 0.6 is 0 Å². The van der Waals surface area contributed by atoms with Crippen LogP contribution in [-0.4, -0.2) is 51.9 Å². The predicted molar refractivity (Wildman–Crippen MR) is 99.5 cm³/mol. The molecule has 0 amide bonds. The molecule has 1 rings (SSSR count). The maximum atomic E-state index is 10.5. The van der Waals surface area contributed by atoms with Gasteiger partial charge in [0.05, 0.1) is 33.0 Å². The number of benzene rings is 1. The zero-order valence-electron chi connectivity index (χ0n) is 16.4. The monoisotopic (exact) mass is 368 g/mol. The number of esters is 1. The summed E-state index contributed by atoms with van der Waals surface area (Å²) < 4.78 is 26.7. The Morgan fingerprint density at radius 1 is 0.923 bits per heavy atom. The minimum Gasteiger partial charge on any atom is -0.465 e. The fourth-order valence-electron chi connectivity index (χ4n) is 2.18. The van der Waals surface area contributed by atoms with E-state index in [2.05, 4.69) is 26.0 Å². The first-order valence-electron chi connectivity index (χ1n) is 9.20. The number of hydrogen-bond donors (Lipinski definition) is 0. The van der Waals surface area contributed by atoms with Gasteiger partial charge in [-0.3, -0.25) is 4.79 Å². The lowest BCUT2D eigenvalue weighted by Gasteiger charge is -2.16. The molecule has 0 saturated carbocycles. The van der Waals surface area contributed by atoms with Gasteiger partial charge in [0.15, 0.2) is 6.29 Å². The Balaban J connectivity index is 2.03. The van der Waals surface area contributed by atoms with E-state index in [-0.39, 0.29) is 18.9 Å². The second-order valence-electron chi connectivity index (χ2n) is 6.00. The molecule has 0 heterocycles. The van der Waals surface area contributed by atoms with Crippen molar-refractivity contribution in [2.45, 2.75) is 46.3 Å². The Labute approximate surface area is 156 Å². The van der Waals surface area contributed by atoms with E-state index in [1.54, 1.807) is 0 Å². The van der Waals surface area contributed by atoms with Crippen LogP contribution in [0.4, 0.5) is 0 Å². The summed E-state index contributed by atoms with van der Waals surface area (Å²) in [5, 5.41) is 0. The van der Waals surface area contributed by atoms with E-state index >= 15 is 0 Å². The number of rotatable bonds is 14. The van der Waals surface area contributed by atoms with E-state index in [1.807, 2.05) is 19.1 Å². The van der Waals surface area contributed by atoms with Crippen molar-refractivity contribution in [2.24, 2.45) is 0 Å². The Hall–Kier alpha value is -1.63. The van der Waals surface area contributed by atoms with E-state index in [0.717, 1.165) is 12.2 Å². The van der Waals surface area contributed by atoms with Gasteiger partial charge in [0.2, 0.25) is 0 Å². The summed E-state index contributed by atoms with van der Waals surface area (Å²) >= 11 is 0. The van der Waals surface area contributed by atoms with Gasteiger partial charge in [-0.1, -0.05) is 26.0 Å². The molecule has 0 N–H and O–H groups in total. The third-order valence-electron chi connectivity index (χ3n) is 3.85. The van der Waals surface area contributed by atoms with Crippen molar-refractivity contribution >= 4 is 5.97 Å². The fourth-order valence-corrected chi connectivity index (χ4v) is 2.18. The third kappa shape index (κ3) is 10.4. The van der Waals surface area contributed by atoms with Gasteiger partial charge in [-0.2, -0.15) is 0 Å². The lowest BCUT2D eigenvalue weighted by Crippen LogP contribution is -2.20. The average Bonchev–Trinajstić information content (AvgIpc) is 2.63. The summed E-state index contributed by atoms with van der Waals surface area (Å²) in [6.07, 6.45) is 0.782. The van der Waals surface area contributed by atoms with Crippen LogP contribution in [0.5, 0.6) is 5.75 Å². The Bertz CT molecular complexity index is 488. The number of carbonyl (C=O) groups is 1. The van der Waals surface area contributed by atoms with E-state index in [4.69, 9.17) is 23.7 Å². The van der Waals surface area contributed by atoms with Gasteiger partial charge in [-0.25, -0.2) is 0 Å². The summed E-state index contributed by atoms with van der Waals surface area (Å²) in [5.74, 6) is 1.05. The molecular formula is C20H32O6. The molecule has 0 spiro atoms. The van der Waals surface area contributed by atoms with Crippen LogP contribution in [0, 0.1) is 0 Å². The van der Waals surface area contributed by atoms with Crippen molar-refractivity contribution in [1.82, 2.24) is 0 Å². The molecule has 2 unspecified atom stereocenters. The first kappa shape index (κ1) is 22.4. The van der Waals surface area contributed by atoms with Crippen molar-refractivity contribution in [3.8, 4) is 5.75 Å². The summed E-state index contributed by atoms with van der Waals surface area (Å²) in [6.45, 7) is 10.1. The first-order valence-corrected chi connectivity index (χ1v) is 9.20. The highest BCUT2D eigenvalue weighted by molar-refractivity contribution is 5.65. The van der Waals surface area contributed by atoms with Gasteiger partial charge in [0, 0.05) is 6.92 Å². The fraction of sp³-hybridized carbons (Fsp3) is 0.650. The average molecular weight is 368 g/mol. The van der Waals surface area contributed by atoms with Crippen LogP contribution in [0.3, 0.4) is 0 Å². The predicted octanol–water partition coefficient (Wildman–Crippen LogP) is 3.54. The minimum absolute atomic E-state index is 0.269. The van der Waals surface area contributed by atoms with Gasteiger partial charge >= 0.3 is 5.97 Å². The maximum Gasteiger partial charge on any atom is 0.302 e. The molecule has 2 atom stereocenters. The van der Waals surface area contributed by atoms with E-state index in [1.165, 1.54) is 12.5 Å². The largest absolute Gasteiger partial charge is 0.465 e. The van der Waals surface area contributed by atoms with E-state index < -0.39 is 0 Å². The SMILES string of the molecule is CCC(C)c1ccc(OC(C)OCCOCCOCCOC(C)=O)cc1. The van der Waals surface area contributed by atoms with Crippen LogP contribution in [0.2, 0.25) is 0 Å². The molecule has 1 aromatic rings. The van der Waals surface area contributed by atoms with Crippen molar-refractivity contribution in [3.05, 3.63) is 29.8 Å². The molecule has 6 nitrogen and oxygen atoms in total. The minimum atomic E-state index is -0.340. The highest BCUT2D eigenvalue weighted by atomic mass is 16.7. The van der Waals surface area contributed by atoms with Gasteiger partial charge in [0.1, 0.15) is 12.4 Å². The summed E-state index contributed by atoms with van der Waals surface area (Å²) in [7, 11) is 0. The lowest BCUT2D eigenvalue weighted by atomic mass is 9.99. The first-order chi connectivity index (χ1) is 12.5. The smallest absolute Gasteiger partial charge is 0.302 e. The van der Waals surface area contributed by atoms with Gasteiger partial charge < -0.3 is 23.7 Å². The third-order valence-corrected chi connectivity index (χ3v) is 3.85. The summed E-state index contributed by atoms with van der Waals surface area (Å²) in [4.78, 5) is 10.5. The van der Waals surface area contributed by atoms with E-state index in [9.17, 15) is 4.79 Å². The molecule has 26 heavy (non-hydrogen) atoms. The van der Waals surface area contributed by atoms with Crippen LogP contribution in [0.15, 0.2) is 24.3 Å². The van der Waals surface area contributed by atoms with Crippen LogP contribution in [0.25, 0.3) is 0 Å². The molecule has 0 aliphatic carbocycles. The molecule has 0 aromatic heterocycles. The number of hydrogen-bond acceptors (Lipinski definition) is 6. The molecule has 0 fully saturated rings. The molecule has 0 aliphatic rings. The Kier molecular flexibility index (Phi) is 11.7. The molecule has 148 valence electrons. The lowest BCUT2D eigenvalue weighted by molar-refractivity contribution is -0.142. The normalized spacial score (nSPS) is 13.2. The summed E-state index contributed by atoms with van der Waals surface area (Å²) in [6, 6.07) is 8.15. The second kappa shape index (κ2) is 13.6.